The molecular weight excluding hydrogens is 514 g/mol. The van der Waals surface area contributed by atoms with E-state index >= 15 is 4.39 Å². The van der Waals surface area contributed by atoms with Crippen LogP contribution in [-0.4, -0.2) is 77.4 Å². The van der Waals surface area contributed by atoms with Gasteiger partial charge >= 0.3 is 6.01 Å². The smallest absolute Gasteiger partial charge is 0.318 e. The van der Waals surface area contributed by atoms with Gasteiger partial charge in [-0.2, -0.15) is 9.97 Å². The van der Waals surface area contributed by atoms with Crippen LogP contribution < -0.4 is 15.0 Å². The molecule has 2 atom stereocenters. The third-order valence-corrected chi connectivity index (χ3v) is 7.87. The Balaban J connectivity index is 0.000000523. The molecule has 2 aromatic heterocycles. The quantitative estimate of drug-likeness (QED) is 0.373. The van der Waals surface area contributed by atoms with Crippen LogP contribution in [0.2, 0.25) is 0 Å². The number of benzene rings is 2. The van der Waals surface area contributed by atoms with Gasteiger partial charge in [-0.25, -0.2) is 8.78 Å². The molecule has 10 heteroatoms. The van der Waals surface area contributed by atoms with E-state index in [2.05, 4.69) is 43.0 Å². The van der Waals surface area contributed by atoms with Gasteiger partial charge in [-0.05, 0) is 63.0 Å². The molecule has 0 radical (unpaired) electrons. The van der Waals surface area contributed by atoms with E-state index in [-0.39, 0.29) is 39.5 Å². The second-order valence-corrected chi connectivity index (χ2v) is 10.6. The fraction of sp³-hybridized carbons (Fsp3) is 0.367. The third-order valence-electron chi connectivity index (χ3n) is 7.87. The Labute approximate surface area is 231 Å². The summed E-state index contributed by atoms with van der Waals surface area (Å²) in [6.45, 7) is 4.11. The van der Waals surface area contributed by atoms with Gasteiger partial charge in [-0.3, -0.25) is 4.98 Å². The van der Waals surface area contributed by atoms with Gasteiger partial charge < -0.3 is 25.0 Å². The van der Waals surface area contributed by atoms with Gasteiger partial charge in [0, 0.05) is 42.3 Å². The van der Waals surface area contributed by atoms with Crippen LogP contribution in [0, 0.1) is 24.0 Å². The molecule has 5 heterocycles. The standard InChI is InChI=1S/C26H21F2N5O2.C4H9N/c1-3-17-20(27)7-4-13-8-16(34)9-18(21(13)17)23-22(28)24-19(10-29-23)25(32-26(31-24)35-2)33-11-14-5-6-15(12-33)30-14;1-5-3-2-4-5/h1,4,7-10,14-15,30,34H,5-6,11-12H2,2H3;2-4H2,1H3. The number of phenols is 1. The molecule has 2 aromatic carbocycles. The number of nitrogens with one attached hydrogen (secondary N) is 1. The highest BCUT2D eigenvalue weighted by atomic mass is 19.1. The summed E-state index contributed by atoms with van der Waals surface area (Å²) in [7, 11) is 3.57. The molecule has 3 fully saturated rings. The van der Waals surface area contributed by atoms with Crippen LogP contribution in [0.5, 0.6) is 11.8 Å². The minimum atomic E-state index is -0.735. The number of piperazine rings is 1. The zero-order valence-corrected chi connectivity index (χ0v) is 22.4. The highest BCUT2D eigenvalue weighted by molar-refractivity contribution is 6.03. The number of likely N-dealkylation sites (tertiary alicyclic amines) is 1. The fourth-order valence-electron chi connectivity index (χ4n) is 5.74. The second kappa shape index (κ2) is 10.5. The molecule has 4 aromatic rings. The monoisotopic (exact) mass is 544 g/mol. The van der Waals surface area contributed by atoms with Crippen LogP contribution in [0.4, 0.5) is 14.6 Å². The molecule has 40 heavy (non-hydrogen) atoms. The predicted molar refractivity (Wildman–Crippen MR) is 151 cm³/mol. The highest BCUT2D eigenvalue weighted by Crippen LogP contribution is 2.39. The number of phenolic OH excluding ortho intramolecular Hbond substituents is 1. The van der Waals surface area contributed by atoms with Gasteiger partial charge in [-0.1, -0.05) is 12.0 Å². The van der Waals surface area contributed by atoms with E-state index in [9.17, 15) is 9.50 Å². The molecule has 2 N–H and O–H groups in total. The van der Waals surface area contributed by atoms with Gasteiger partial charge in [-0.15, -0.1) is 6.42 Å². The summed E-state index contributed by atoms with van der Waals surface area (Å²) in [5.74, 6) is 1.42. The number of ether oxygens (including phenoxy) is 1. The van der Waals surface area contributed by atoms with Crippen LogP contribution in [-0.2, 0) is 0 Å². The van der Waals surface area contributed by atoms with E-state index in [1.807, 2.05) is 0 Å². The Morgan fingerprint density at radius 1 is 1.12 bits per heavy atom. The number of anilines is 1. The average molecular weight is 545 g/mol. The van der Waals surface area contributed by atoms with Crippen LogP contribution in [0.25, 0.3) is 32.9 Å². The van der Waals surface area contributed by atoms with E-state index in [1.54, 1.807) is 0 Å². The number of aromatic hydroxyl groups is 1. The number of hydrogen-bond donors (Lipinski definition) is 2. The number of pyridine rings is 1. The Bertz CT molecular complexity index is 1640. The molecule has 0 spiro atoms. The molecule has 2 bridgehead atoms. The van der Waals surface area contributed by atoms with Crippen molar-refractivity contribution >= 4 is 27.5 Å². The number of terminal acetylenes is 1. The fourth-order valence-corrected chi connectivity index (χ4v) is 5.74. The molecule has 8 nitrogen and oxygen atoms in total. The number of halogens is 2. The maximum Gasteiger partial charge on any atom is 0.318 e. The first-order valence-electron chi connectivity index (χ1n) is 13.4. The summed E-state index contributed by atoms with van der Waals surface area (Å²) in [6, 6.07) is 6.19. The largest absolute Gasteiger partial charge is 0.508 e. The topological polar surface area (TPSA) is 86.6 Å². The molecule has 3 aliphatic heterocycles. The summed E-state index contributed by atoms with van der Waals surface area (Å²) in [6.07, 6.45) is 10.7. The van der Waals surface area contributed by atoms with Gasteiger partial charge in [0.15, 0.2) is 5.82 Å². The predicted octanol–water partition coefficient (Wildman–Crippen LogP) is 4.08. The highest BCUT2D eigenvalue weighted by Gasteiger charge is 2.34. The van der Waals surface area contributed by atoms with E-state index in [0.717, 1.165) is 25.9 Å². The van der Waals surface area contributed by atoms with Crippen LogP contribution in [0.3, 0.4) is 0 Å². The summed E-state index contributed by atoms with van der Waals surface area (Å²) in [4.78, 5) is 17.6. The molecule has 206 valence electrons. The maximum atomic E-state index is 16.1. The maximum absolute atomic E-state index is 16.1. The zero-order valence-electron chi connectivity index (χ0n) is 22.4. The van der Waals surface area contributed by atoms with E-state index in [1.165, 1.54) is 57.1 Å². The van der Waals surface area contributed by atoms with Crippen molar-refractivity contribution in [2.75, 3.05) is 45.2 Å². The van der Waals surface area contributed by atoms with Crippen molar-refractivity contribution in [2.45, 2.75) is 31.3 Å². The Morgan fingerprint density at radius 2 is 1.85 bits per heavy atom. The number of aromatic nitrogens is 3. The number of methoxy groups -OCH3 is 1. The summed E-state index contributed by atoms with van der Waals surface area (Å²) < 4.78 is 35.9. The van der Waals surface area contributed by atoms with Gasteiger partial charge in [0.2, 0.25) is 0 Å². The first-order valence-corrected chi connectivity index (χ1v) is 13.4. The van der Waals surface area contributed by atoms with Crippen molar-refractivity contribution in [3.05, 3.63) is 47.7 Å². The van der Waals surface area contributed by atoms with E-state index in [4.69, 9.17) is 11.2 Å². The minimum Gasteiger partial charge on any atom is -0.508 e. The van der Waals surface area contributed by atoms with Crippen LogP contribution in [0.1, 0.15) is 24.8 Å². The first kappa shape index (κ1) is 26.2. The first-order chi connectivity index (χ1) is 19.4. The zero-order chi connectivity index (χ0) is 28.0. The lowest BCUT2D eigenvalue weighted by Gasteiger charge is -2.34. The number of nitrogens with zero attached hydrogens (tertiary/aromatic N) is 5. The SMILES string of the molecule is C#Cc1c(F)ccc2cc(O)cc(-c3ncc4c(N5CC6CCC(C5)N6)nc(OC)nc4c3F)c12.CN1CCC1. The summed E-state index contributed by atoms with van der Waals surface area (Å²) >= 11 is 0. The normalized spacial score (nSPS) is 20.1. The van der Waals surface area contributed by atoms with Crippen molar-refractivity contribution in [1.82, 2.24) is 25.2 Å². The van der Waals surface area contributed by atoms with E-state index in [0.29, 0.717) is 28.7 Å². The molecule has 0 aliphatic carbocycles. The van der Waals surface area contributed by atoms with Gasteiger partial charge in [0.25, 0.3) is 0 Å². The van der Waals surface area contributed by atoms with Crippen molar-refractivity contribution in [1.29, 1.82) is 0 Å². The van der Waals surface area contributed by atoms with Crippen molar-refractivity contribution in [2.24, 2.45) is 0 Å². The lowest BCUT2D eigenvalue weighted by Crippen LogP contribution is -2.51. The molecule has 3 aliphatic rings. The van der Waals surface area contributed by atoms with E-state index < -0.39 is 11.6 Å². The number of rotatable bonds is 3. The molecule has 2 unspecified atom stereocenters. The summed E-state index contributed by atoms with van der Waals surface area (Å²) in [5.41, 5.74) is 0.0627. The number of hydrogen-bond acceptors (Lipinski definition) is 8. The summed E-state index contributed by atoms with van der Waals surface area (Å²) in [5, 5.41) is 15.1. The third kappa shape index (κ3) is 4.65. The molecular formula is C30H30F2N6O2. The lowest BCUT2D eigenvalue weighted by atomic mass is 9.96. The Kier molecular flexibility index (Phi) is 6.86. The van der Waals surface area contributed by atoms with Gasteiger partial charge in [0.1, 0.15) is 28.6 Å². The van der Waals surface area contributed by atoms with Crippen LogP contribution >= 0.6 is 0 Å². The molecule has 0 amide bonds. The van der Waals surface area contributed by atoms with Crippen LogP contribution in [0.15, 0.2) is 30.5 Å². The Morgan fingerprint density at radius 3 is 2.48 bits per heavy atom. The Hall–Kier alpha value is -4.07. The molecule has 7 rings (SSSR count). The molecule has 0 saturated carbocycles. The minimum absolute atomic E-state index is 0.0258. The number of fused-ring (bicyclic) bond motifs is 4. The second-order valence-electron chi connectivity index (χ2n) is 10.6. The van der Waals surface area contributed by atoms with Crippen molar-refractivity contribution in [3.63, 3.8) is 0 Å². The van der Waals surface area contributed by atoms with Crippen molar-refractivity contribution < 1.29 is 18.6 Å². The average Bonchev–Trinajstić information content (AvgIpc) is 3.28. The van der Waals surface area contributed by atoms with Gasteiger partial charge in [0.05, 0.1) is 18.1 Å². The lowest BCUT2D eigenvalue weighted by molar-refractivity contribution is 0.229. The van der Waals surface area contributed by atoms with Crippen molar-refractivity contribution in [3.8, 4) is 35.4 Å². The molecule has 3 saturated heterocycles.